The van der Waals surface area contributed by atoms with Crippen LogP contribution in [0.1, 0.15) is 50.7 Å². The average molecular weight is 296 g/mol. The number of benzene rings is 1. The number of nitrogens with zero attached hydrogens (tertiary/aromatic N) is 1. The van der Waals surface area contributed by atoms with Gasteiger partial charge in [-0.1, -0.05) is 45.0 Å². The van der Waals surface area contributed by atoms with Gasteiger partial charge in [-0.25, -0.2) is 0 Å². The van der Waals surface area contributed by atoms with Crippen LogP contribution >= 0.6 is 0 Å². The molecular weight excluding hydrogens is 272 g/mol. The van der Waals surface area contributed by atoms with Gasteiger partial charge in [-0.15, -0.1) is 0 Å². The van der Waals surface area contributed by atoms with Gasteiger partial charge in [0.1, 0.15) is 6.07 Å². The van der Waals surface area contributed by atoms with Crippen molar-refractivity contribution in [2.75, 3.05) is 13.1 Å². The maximum absolute atomic E-state index is 12.4. The Labute approximate surface area is 133 Å². The molecule has 0 radical (unpaired) electrons. The second kappa shape index (κ2) is 6.89. The lowest BCUT2D eigenvalue weighted by molar-refractivity contribution is -0.121. The number of carbonyl (C=O) groups excluding carboxylic acids is 1. The van der Waals surface area contributed by atoms with E-state index in [1.165, 1.54) is 5.56 Å². The summed E-state index contributed by atoms with van der Waals surface area (Å²) in [4.78, 5) is 12.4. The molecule has 1 aromatic carbocycles. The van der Waals surface area contributed by atoms with Crippen LogP contribution in [-0.4, -0.2) is 18.9 Å². The Balaban J connectivity index is 2.38. The van der Waals surface area contributed by atoms with E-state index < -0.39 is 5.41 Å². The van der Waals surface area contributed by atoms with Crippen molar-refractivity contribution in [3.63, 3.8) is 0 Å². The van der Waals surface area contributed by atoms with Crippen molar-refractivity contribution in [3.05, 3.63) is 41.0 Å². The number of Topliss-reactive ketones (excluding diaryl/α,β-unsaturated/α-hetero) is 1. The highest BCUT2D eigenvalue weighted by atomic mass is 16.1. The van der Waals surface area contributed by atoms with Crippen LogP contribution in [0.3, 0.4) is 0 Å². The number of nitrogens with one attached hydrogen (secondary N) is 1. The number of rotatable bonds is 3. The molecule has 0 saturated carbocycles. The maximum Gasteiger partial charge on any atom is 0.178 e. The van der Waals surface area contributed by atoms with Gasteiger partial charge in [-0.05, 0) is 49.1 Å². The minimum Gasteiger partial charge on any atom is -0.317 e. The third-order valence-electron chi connectivity index (χ3n) is 4.12. The van der Waals surface area contributed by atoms with Crippen molar-refractivity contribution in [1.29, 1.82) is 5.26 Å². The molecule has 2 rings (SSSR count). The van der Waals surface area contributed by atoms with E-state index in [9.17, 15) is 10.1 Å². The highest BCUT2D eigenvalue weighted by molar-refractivity contribution is 6.06. The van der Waals surface area contributed by atoms with Crippen molar-refractivity contribution in [3.8, 4) is 6.07 Å². The summed E-state index contributed by atoms with van der Waals surface area (Å²) >= 11 is 0. The molecule has 1 N–H and O–H groups in total. The van der Waals surface area contributed by atoms with Crippen LogP contribution in [0.25, 0.3) is 6.08 Å². The molecule has 0 aromatic heterocycles. The fourth-order valence-corrected chi connectivity index (χ4v) is 2.86. The van der Waals surface area contributed by atoms with E-state index in [4.69, 9.17) is 0 Å². The summed E-state index contributed by atoms with van der Waals surface area (Å²) < 4.78 is 0. The highest BCUT2D eigenvalue weighted by Crippen LogP contribution is 2.30. The zero-order valence-electron chi connectivity index (χ0n) is 13.6. The summed E-state index contributed by atoms with van der Waals surface area (Å²) in [5, 5.41) is 12.7. The maximum atomic E-state index is 12.4. The van der Waals surface area contributed by atoms with Crippen LogP contribution in [0.5, 0.6) is 0 Å². The standard InChI is InChI=1S/C19H24N2O/c1-19(2,3)18(22)16(13-20)12-15-6-4-5-7-17(15)14-8-10-21-11-9-14/h4-7,12,14,21H,8-11H2,1-3H3. The quantitative estimate of drug-likeness (QED) is 0.684. The van der Waals surface area contributed by atoms with Crippen molar-refractivity contribution in [1.82, 2.24) is 5.32 Å². The lowest BCUT2D eigenvalue weighted by Gasteiger charge is -2.24. The molecule has 3 nitrogen and oxygen atoms in total. The molecule has 0 unspecified atom stereocenters. The van der Waals surface area contributed by atoms with Gasteiger partial charge in [-0.2, -0.15) is 5.26 Å². The van der Waals surface area contributed by atoms with Gasteiger partial charge >= 0.3 is 0 Å². The molecule has 0 aliphatic carbocycles. The summed E-state index contributed by atoms with van der Waals surface area (Å²) in [7, 11) is 0. The number of hydrogen-bond acceptors (Lipinski definition) is 3. The number of allylic oxidation sites excluding steroid dienone is 1. The molecule has 1 saturated heterocycles. The molecule has 1 aliphatic heterocycles. The zero-order chi connectivity index (χ0) is 16.2. The molecule has 1 fully saturated rings. The number of ketones is 1. The van der Waals surface area contributed by atoms with Crippen LogP contribution in [0, 0.1) is 16.7 Å². The van der Waals surface area contributed by atoms with Gasteiger partial charge in [0.05, 0.1) is 5.57 Å². The first-order valence-corrected chi connectivity index (χ1v) is 7.89. The second-order valence-corrected chi connectivity index (χ2v) is 6.90. The second-order valence-electron chi connectivity index (χ2n) is 6.90. The molecule has 1 heterocycles. The van der Waals surface area contributed by atoms with Gasteiger partial charge in [-0.3, -0.25) is 4.79 Å². The molecule has 116 valence electrons. The first kappa shape index (κ1) is 16.5. The van der Waals surface area contributed by atoms with Crippen LogP contribution < -0.4 is 5.32 Å². The fraction of sp³-hybridized carbons (Fsp3) is 0.474. The van der Waals surface area contributed by atoms with Gasteiger partial charge < -0.3 is 5.32 Å². The predicted molar refractivity (Wildman–Crippen MR) is 89.3 cm³/mol. The van der Waals surface area contributed by atoms with Gasteiger partial charge in [0.25, 0.3) is 0 Å². The molecule has 0 atom stereocenters. The van der Waals surface area contributed by atoms with Gasteiger partial charge in [0.15, 0.2) is 5.78 Å². The summed E-state index contributed by atoms with van der Waals surface area (Å²) in [5.74, 6) is 0.397. The van der Waals surface area contributed by atoms with Crippen LogP contribution in [0.15, 0.2) is 29.8 Å². The van der Waals surface area contributed by atoms with Crippen LogP contribution in [0.4, 0.5) is 0 Å². The number of carbonyl (C=O) groups is 1. The zero-order valence-corrected chi connectivity index (χ0v) is 13.6. The Bertz CT molecular complexity index is 611. The molecule has 1 aromatic rings. The smallest absolute Gasteiger partial charge is 0.178 e. The van der Waals surface area contributed by atoms with E-state index in [-0.39, 0.29) is 11.4 Å². The van der Waals surface area contributed by atoms with E-state index in [1.54, 1.807) is 6.08 Å². The van der Waals surface area contributed by atoms with E-state index in [0.29, 0.717) is 5.92 Å². The van der Waals surface area contributed by atoms with Gasteiger partial charge in [0, 0.05) is 5.41 Å². The molecule has 3 heteroatoms. The lowest BCUT2D eigenvalue weighted by atomic mass is 9.83. The van der Waals surface area contributed by atoms with Gasteiger partial charge in [0.2, 0.25) is 0 Å². The lowest BCUT2D eigenvalue weighted by Crippen LogP contribution is -2.27. The van der Waals surface area contributed by atoms with Crippen molar-refractivity contribution in [2.45, 2.75) is 39.5 Å². The normalized spacial score (nSPS) is 17.1. The molecule has 0 spiro atoms. The minimum atomic E-state index is -0.536. The molecule has 22 heavy (non-hydrogen) atoms. The molecular formula is C19H24N2O. The predicted octanol–water partition coefficient (Wildman–Crippen LogP) is 3.68. The molecule has 1 aliphatic rings. The van der Waals surface area contributed by atoms with Crippen LogP contribution in [0.2, 0.25) is 0 Å². The Hall–Kier alpha value is -1.92. The Kier molecular flexibility index (Phi) is 5.15. The summed E-state index contributed by atoms with van der Waals surface area (Å²) in [6.45, 7) is 7.58. The first-order valence-electron chi connectivity index (χ1n) is 7.89. The minimum absolute atomic E-state index is 0.102. The highest BCUT2D eigenvalue weighted by Gasteiger charge is 2.25. The van der Waals surface area contributed by atoms with Crippen molar-refractivity contribution >= 4 is 11.9 Å². The largest absolute Gasteiger partial charge is 0.317 e. The van der Waals surface area contributed by atoms with E-state index in [1.807, 2.05) is 39.0 Å². The third-order valence-corrected chi connectivity index (χ3v) is 4.12. The Morgan fingerprint density at radius 2 is 1.91 bits per heavy atom. The first-order chi connectivity index (χ1) is 10.4. The van der Waals surface area contributed by atoms with E-state index >= 15 is 0 Å². The number of piperidine rings is 1. The number of hydrogen-bond donors (Lipinski definition) is 1. The molecule has 0 amide bonds. The van der Waals surface area contributed by atoms with E-state index in [2.05, 4.69) is 17.5 Å². The summed E-state index contributed by atoms with van der Waals surface area (Å²) in [6, 6.07) is 10.2. The average Bonchev–Trinajstić information content (AvgIpc) is 2.52. The third kappa shape index (κ3) is 3.84. The SMILES string of the molecule is CC(C)(C)C(=O)C(C#N)=Cc1ccccc1C1CCNCC1. The molecule has 0 bridgehead atoms. The topological polar surface area (TPSA) is 52.9 Å². The van der Waals surface area contributed by atoms with Crippen molar-refractivity contribution < 1.29 is 4.79 Å². The van der Waals surface area contributed by atoms with Crippen LogP contribution in [-0.2, 0) is 4.79 Å². The summed E-state index contributed by atoms with van der Waals surface area (Å²) in [6.07, 6.45) is 3.96. The number of nitriles is 1. The monoisotopic (exact) mass is 296 g/mol. The Morgan fingerprint density at radius 1 is 1.27 bits per heavy atom. The Morgan fingerprint density at radius 3 is 2.50 bits per heavy atom. The fourth-order valence-electron chi connectivity index (χ4n) is 2.86. The van der Waals surface area contributed by atoms with Crippen molar-refractivity contribution in [2.24, 2.45) is 5.41 Å². The summed E-state index contributed by atoms with van der Waals surface area (Å²) in [5.41, 5.74) is 1.96. The van der Waals surface area contributed by atoms with E-state index in [0.717, 1.165) is 31.5 Å².